The molecule has 1 amide bonds. The first-order chi connectivity index (χ1) is 14.7. The van der Waals surface area contributed by atoms with Gasteiger partial charge in [-0.2, -0.15) is 0 Å². The lowest BCUT2D eigenvalue weighted by Crippen LogP contribution is -2.30. The Morgan fingerprint density at radius 3 is 2.68 bits per heavy atom. The van der Waals surface area contributed by atoms with Crippen LogP contribution in [0.2, 0.25) is 5.02 Å². The molecule has 3 aromatic rings. The van der Waals surface area contributed by atoms with Crippen molar-refractivity contribution < 1.29 is 28.0 Å². The summed E-state index contributed by atoms with van der Waals surface area (Å²) in [6.07, 6.45) is -1.30. The van der Waals surface area contributed by atoms with Gasteiger partial charge in [-0.25, -0.2) is 18.6 Å². The molecule has 1 atom stereocenters. The number of nitrogens with one attached hydrogen (secondary N) is 1. The highest BCUT2D eigenvalue weighted by molar-refractivity contribution is 7.14. The Morgan fingerprint density at radius 1 is 1.26 bits per heavy atom. The number of hydrogen-bond acceptors (Lipinski definition) is 7. The Hall–Kier alpha value is -3.44. The molecule has 1 unspecified atom stereocenters. The summed E-state index contributed by atoms with van der Waals surface area (Å²) in [6, 6.07) is 7.03. The minimum atomic E-state index is -1.30. The number of non-ortho nitro benzene ring substituents is 1. The van der Waals surface area contributed by atoms with Gasteiger partial charge in [0.15, 0.2) is 22.9 Å². The van der Waals surface area contributed by atoms with Crippen LogP contribution in [0, 0.1) is 21.7 Å². The average Bonchev–Trinajstić information content (AvgIpc) is 3.19. The zero-order valence-electron chi connectivity index (χ0n) is 15.6. The molecule has 0 radical (unpaired) electrons. The number of thiazole rings is 1. The highest BCUT2D eigenvalue weighted by Crippen LogP contribution is 2.28. The lowest BCUT2D eigenvalue weighted by atomic mass is 10.1. The van der Waals surface area contributed by atoms with Crippen molar-refractivity contribution in [2.45, 2.75) is 13.0 Å². The quantitative estimate of drug-likeness (QED) is 0.240. The monoisotopic (exact) mass is 467 g/mol. The SMILES string of the molecule is CC(OC(=O)c1cc(F)c(F)cc1Cl)C(=O)Nc1nc(-c2cccc([N+](=O)[O-])c2)cs1. The number of ether oxygens (including phenoxy) is 1. The molecular formula is C19H12ClF2N3O5S. The van der Waals surface area contributed by atoms with Crippen molar-refractivity contribution in [3.63, 3.8) is 0 Å². The second-order valence-corrected chi connectivity index (χ2v) is 7.39. The fourth-order valence-corrected chi connectivity index (χ4v) is 3.36. The summed E-state index contributed by atoms with van der Waals surface area (Å²) >= 11 is 6.78. The van der Waals surface area contributed by atoms with Gasteiger partial charge in [-0.05, 0) is 19.1 Å². The van der Waals surface area contributed by atoms with Crippen LogP contribution in [0.15, 0.2) is 41.8 Å². The molecule has 0 saturated heterocycles. The molecule has 8 nitrogen and oxygen atoms in total. The van der Waals surface area contributed by atoms with Gasteiger partial charge in [-0.15, -0.1) is 11.3 Å². The van der Waals surface area contributed by atoms with E-state index in [9.17, 15) is 28.5 Å². The number of esters is 1. The molecule has 0 saturated carbocycles. The molecule has 2 aromatic carbocycles. The van der Waals surface area contributed by atoms with Crippen molar-refractivity contribution in [2.75, 3.05) is 5.32 Å². The van der Waals surface area contributed by atoms with Gasteiger partial charge in [0.05, 0.1) is 21.2 Å². The van der Waals surface area contributed by atoms with Crippen LogP contribution < -0.4 is 5.32 Å². The number of rotatable bonds is 6. The van der Waals surface area contributed by atoms with E-state index < -0.39 is 40.1 Å². The number of amides is 1. The molecular weight excluding hydrogens is 456 g/mol. The molecule has 0 aliphatic heterocycles. The first kappa shape index (κ1) is 22.2. The van der Waals surface area contributed by atoms with Crippen molar-refractivity contribution in [2.24, 2.45) is 0 Å². The first-order valence-corrected chi connectivity index (χ1v) is 9.78. The second kappa shape index (κ2) is 9.14. The lowest BCUT2D eigenvalue weighted by molar-refractivity contribution is -0.384. The normalized spacial score (nSPS) is 11.6. The number of halogens is 3. The van der Waals surface area contributed by atoms with E-state index in [2.05, 4.69) is 10.3 Å². The van der Waals surface area contributed by atoms with Crippen LogP contribution in [0.5, 0.6) is 0 Å². The molecule has 0 fully saturated rings. The third kappa shape index (κ3) is 5.19. The fraction of sp³-hybridized carbons (Fsp3) is 0.105. The van der Waals surface area contributed by atoms with Crippen LogP contribution in [0.4, 0.5) is 19.6 Å². The number of anilines is 1. The van der Waals surface area contributed by atoms with E-state index >= 15 is 0 Å². The van der Waals surface area contributed by atoms with Gasteiger partial charge in [0.1, 0.15) is 0 Å². The van der Waals surface area contributed by atoms with E-state index in [0.29, 0.717) is 23.4 Å². The topological polar surface area (TPSA) is 111 Å². The van der Waals surface area contributed by atoms with Crippen LogP contribution in [0.3, 0.4) is 0 Å². The smallest absolute Gasteiger partial charge is 0.340 e. The summed E-state index contributed by atoms with van der Waals surface area (Å²) in [6.45, 7) is 1.27. The third-order valence-electron chi connectivity index (χ3n) is 3.97. The van der Waals surface area contributed by atoms with Crippen molar-refractivity contribution in [3.05, 3.63) is 74.1 Å². The standard InChI is InChI=1S/C19H12ClF2N3O5S/c1-9(30-18(27)12-6-14(21)15(22)7-13(12)20)17(26)24-19-23-16(8-31-19)10-3-2-4-11(5-10)25(28)29/h2-9H,1H3,(H,23,24,26). The van der Waals surface area contributed by atoms with Crippen molar-refractivity contribution >= 4 is 45.6 Å². The van der Waals surface area contributed by atoms with Crippen molar-refractivity contribution in [3.8, 4) is 11.3 Å². The molecule has 1 N–H and O–H groups in total. The molecule has 0 spiro atoms. The van der Waals surface area contributed by atoms with Gasteiger partial charge in [-0.3, -0.25) is 20.2 Å². The van der Waals surface area contributed by atoms with E-state index in [0.717, 1.165) is 11.3 Å². The summed E-state index contributed by atoms with van der Waals surface area (Å²) in [5, 5.41) is 14.7. The molecule has 31 heavy (non-hydrogen) atoms. The highest BCUT2D eigenvalue weighted by Gasteiger charge is 2.23. The first-order valence-electron chi connectivity index (χ1n) is 8.52. The summed E-state index contributed by atoms with van der Waals surface area (Å²) in [5.74, 6) is -4.35. The molecule has 1 heterocycles. The third-order valence-corrected chi connectivity index (χ3v) is 5.04. The number of nitro groups is 1. The van der Waals surface area contributed by atoms with Gasteiger partial charge in [0, 0.05) is 23.1 Å². The molecule has 160 valence electrons. The Balaban J connectivity index is 1.67. The number of carbonyl (C=O) groups is 2. The number of benzene rings is 2. The van der Waals surface area contributed by atoms with Crippen LogP contribution in [-0.2, 0) is 9.53 Å². The number of aromatic nitrogens is 1. The van der Waals surface area contributed by atoms with Gasteiger partial charge in [-0.1, -0.05) is 23.7 Å². The van der Waals surface area contributed by atoms with Crippen molar-refractivity contribution in [1.29, 1.82) is 0 Å². The second-order valence-electron chi connectivity index (χ2n) is 6.13. The van der Waals surface area contributed by atoms with E-state index in [-0.39, 0.29) is 15.8 Å². The summed E-state index contributed by atoms with van der Waals surface area (Å²) in [7, 11) is 0. The minimum absolute atomic E-state index is 0.104. The van der Waals surface area contributed by atoms with E-state index in [4.69, 9.17) is 16.3 Å². The van der Waals surface area contributed by atoms with Crippen LogP contribution >= 0.6 is 22.9 Å². The predicted octanol–water partition coefficient (Wildman–Crippen LogP) is 4.83. The molecule has 12 heteroatoms. The zero-order chi connectivity index (χ0) is 22.7. The van der Waals surface area contributed by atoms with Gasteiger partial charge >= 0.3 is 5.97 Å². The average molecular weight is 468 g/mol. The summed E-state index contributed by atoms with van der Waals surface area (Å²) in [5.41, 5.74) is 0.357. The zero-order valence-corrected chi connectivity index (χ0v) is 17.2. The number of nitro benzene ring substituents is 1. The van der Waals surface area contributed by atoms with Crippen LogP contribution in [0.25, 0.3) is 11.3 Å². The fourth-order valence-electron chi connectivity index (χ4n) is 2.41. The minimum Gasteiger partial charge on any atom is -0.449 e. The molecule has 0 bridgehead atoms. The van der Waals surface area contributed by atoms with Gasteiger partial charge in [0.25, 0.3) is 11.6 Å². The maximum absolute atomic E-state index is 13.3. The summed E-state index contributed by atoms with van der Waals surface area (Å²) in [4.78, 5) is 39.0. The highest BCUT2D eigenvalue weighted by atomic mass is 35.5. The molecule has 3 rings (SSSR count). The molecule has 0 aliphatic rings. The Morgan fingerprint density at radius 2 is 1.97 bits per heavy atom. The van der Waals surface area contributed by atoms with Crippen molar-refractivity contribution in [1.82, 2.24) is 4.98 Å². The largest absolute Gasteiger partial charge is 0.449 e. The Kier molecular flexibility index (Phi) is 6.56. The van der Waals surface area contributed by atoms with E-state index in [1.54, 1.807) is 11.4 Å². The van der Waals surface area contributed by atoms with E-state index in [1.807, 2.05) is 0 Å². The van der Waals surface area contributed by atoms with Crippen LogP contribution in [-0.4, -0.2) is 27.9 Å². The maximum Gasteiger partial charge on any atom is 0.340 e. The molecule has 0 aliphatic carbocycles. The number of carbonyl (C=O) groups excluding carboxylic acids is 2. The molecule has 1 aromatic heterocycles. The van der Waals surface area contributed by atoms with Crippen LogP contribution in [0.1, 0.15) is 17.3 Å². The van der Waals surface area contributed by atoms with E-state index in [1.165, 1.54) is 25.1 Å². The number of nitrogens with zero attached hydrogens (tertiary/aromatic N) is 2. The number of hydrogen-bond donors (Lipinski definition) is 1. The summed E-state index contributed by atoms with van der Waals surface area (Å²) < 4.78 is 31.4. The predicted molar refractivity (Wildman–Crippen MR) is 109 cm³/mol. The maximum atomic E-state index is 13.3. The van der Waals surface area contributed by atoms with Gasteiger partial charge in [0.2, 0.25) is 0 Å². The lowest BCUT2D eigenvalue weighted by Gasteiger charge is -2.13. The Labute approximate surface area is 182 Å². The van der Waals surface area contributed by atoms with Gasteiger partial charge < -0.3 is 4.74 Å². The Bertz CT molecular complexity index is 1190.